The molecular formula is C9H10BrNS. The van der Waals surface area contributed by atoms with Gasteiger partial charge in [-0.05, 0) is 33.9 Å². The Kier molecular flexibility index (Phi) is 4.37. The molecule has 12 heavy (non-hydrogen) atoms. The van der Waals surface area contributed by atoms with Gasteiger partial charge in [0.1, 0.15) is 0 Å². The Morgan fingerprint density at radius 1 is 1.67 bits per heavy atom. The first-order valence-corrected chi connectivity index (χ1v) is 5.44. The maximum atomic E-state index is 3.42. The number of thiophene rings is 1. The van der Waals surface area contributed by atoms with Gasteiger partial charge in [-0.3, -0.25) is 0 Å². The van der Waals surface area contributed by atoms with E-state index in [1.165, 1.54) is 0 Å². The summed E-state index contributed by atoms with van der Waals surface area (Å²) in [5, 5.41) is 5.17. The van der Waals surface area contributed by atoms with Crippen LogP contribution in [-0.4, -0.2) is 13.1 Å². The largest absolute Gasteiger partial charge is 0.306 e. The topological polar surface area (TPSA) is 12.0 Å². The highest BCUT2D eigenvalue weighted by atomic mass is 79.9. The molecule has 3 heteroatoms. The lowest BCUT2D eigenvalue weighted by molar-refractivity contribution is 0.811. The summed E-state index contributed by atoms with van der Waals surface area (Å²) in [6, 6.07) is 2.02. The van der Waals surface area contributed by atoms with Crippen LogP contribution in [-0.2, 0) is 0 Å². The molecule has 0 radical (unpaired) electrons. The molecule has 0 aliphatic carbocycles. The van der Waals surface area contributed by atoms with Crippen molar-refractivity contribution in [1.29, 1.82) is 0 Å². The third kappa shape index (κ3) is 2.98. The highest BCUT2D eigenvalue weighted by molar-refractivity contribution is 9.10. The van der Waals surface area contributed by atoms with Gasteiger partial charge in [0.2, 0.25) is 0 Å². The maximum Gasteiger partial charge on any atom is 0.0910 e. The highest BCUT2D eigenvalue weighted by Gasteiger charge is 1.94. The smallest absolute Gasteiger partial charge is 0.0910 e. The van der Waals surface area contributed by atoms with E-state index in [9.17, 15) is 0 Å². The van der Waals surface area contributed by atoms with Crippen LogP contribution in [0.5, 0.6) is 0 Å². The van der Waals surface area contributed by atoms with E-state index >= 15 is 0 Å². The molecule has 1 aromatic rings. The molecule has 0 bridgehead atoms. The molecule has 0 fully saturated rings. The van der Waals surface area contributed by atoms with E-state index in [4.69, 9.17) is 0 Å². The van der Waals surface area contributed by atoms with Crippen molar-refractivity contribution >= 4 is 27.3 Å². The normalized spacial score (nSPS) is 9.17. The molecule has 0 unspecified atom stereocenters. The van der Waals surface area contributed by atoms with Gasteiger partial charge < -0.3 is 5.32 Å². The van der Waals surface area contributed by atoms with Crippen molar-refractivity contribution in [3.8, 4) is 11.8 Å². The molecule has 0 aliphatic rings. The Hall–Kier alpha value is -0.300. The first-order valence-electron chi connectivity index (χ1n) is 3.77. The third-order valence-electron chi connectivity index (χ3n) is 1.28. The Labute approximate surface area is 85.3 Å². The van der Waals surface area contributed by atoms with Gasteiger partial charge >= 0.3 is 0 Å². The van der Waals surface area contributed by atoms with Crippen LogP contribution in [0.15, 0.2) is 15.9 Å². The zero-order chi connectivity index (χ0) is 8.81. The Morgan fingerprint density at radius 3 is 3.08 bits per heavy atom. The van der Waals surface area contributed by atoms with Crippen LogP contribution >= 0.6 is 27.3 Å². The number of rotatable bonds is 2. The van der Waals surface area contributed by atoms with Crippen LogP contribution in [0.1, 0.15) is 11.8 Å². The summed E-state index contributed by atoms with van der Waals surface area (Å²) in [4.78, 5) is 1.10. The van der Waals surface area contributed by atoms with E-state index in [2.05, 4.69) is 40.0 Å². The molecule has 1 heterocycles. The van der Waals surface area contributed by atoms with E-state index in [-0.39, 0.29) is 0 Å². The fraction of sp³-hybridized carbons (Fsp3) is 0.333. The summed E-state index contributed by atoms with van der Waals surface area (Å²) in [5.74, 6) is 6.14. The minimum atomic E-state index is 0.765. The number of nitrogens with one attached hydrogen (secondary N) is 1. The van der Waals surface area contributed by atoms with Gasteiger partial charge in [0.05, 0.1) is 11.4 Å². The van der Waals surface area contributed by atoms with Crippen molar-refractivity contribution in [2.24, 2.45) is 0 Å². The lowest BCUT2D eigenvalue weighted by Crippen LogP contribution is -2.11. The van der Waals surface area contributed by atoms with E-state index in [1.807, 2.05) is 11.4 Å². The summed E-state index contributed by atoms with van der Waals surface area (Å²) in [5.41, 5.74) is 0. The number of hydrogen-bond acceptors (Lipinski definition) is 2. The standard InChI is InChI=1S/C9H10BrNS/c1-2-11-6-3-4-9-8(10)5-7-12-9/h5,7,11H,2,6H2,1H3. The van der Waals surface area contributed by atoms with Gasteiger partial charge in [-0.25, -0.2) is 0 Å². The van der Waals surface area contributed by atoms with E-state index in [0.29, 0.717) is 0 Å². The molecule has 1 N–H and O–H groups in total. The Morgan fingerprint density at radius 2 is 2.50 bits per heavy atom. The van der Waals surface area contributed by atoms with Crippen molar-refractivity contribution in [3.05, 3.63) is 20.8 Å². The van der Waals surface area contributed by atoms with Gasteiger partial charge in [-0.1, -0.05) is 18.8 Å². The minimum absolute atomic E-state index is 0.765. The van der Waals surface area contributed by atoms with Gasteiger partial charge in [0.15, 0.2) is 0 Å². The summed E-state index contributed by atoms with van der Waals surface area (Å²) in [7, 11) is 0. The quantitative estimate of drug-likeness (QED) is 0.622. The van der Waals surface area contributed by atoms with Crippen LogP contribution in [0.3, 0.4) is 0 Å². The molecule has 0 saturated heterocycles. The lowest BCUT2D eigenvalue weighted by atomic mass is 10.4. The first kappa shape index (κ1) is 9.79. The fourth-order valence-corrected chi connectivity index (χ4v) is 2.03. The second-order valence-electron chi connectivity index (χ2n) is 2.18. The van der Waals surface area contributed by atoms with Crippen molar-refractivity contribution in [1.82, 2.24) is 5.32 Å². The molecule has 1 rings (SSSR count). The van der Waals surface area contributed by atoms with E-state index in [0.717, 1.165) is 22.4 Å². The first-order chi connectivity index (χ1) is 5.84. The summed E-state index contributed by atoms with van der Waals surface area (Å²) in [6.45, 7) is 3.81. The van der Waals surface area contributed by atoms with Gasteiger partial charge in [0.25, 0.3) is 0 Å². The zero-order valence-electron chi connectivity index (χ0n) is 6.86. The molecule has 1 nitrogen and oxygen atoms in total. The SMILES string of the molecule is CCNCC#Cc1sccc1Br. The van der Waals surface area contributed by atoms with E-state index in [1.54, 1.807) is 11.3 Å². The Bertz CT molecular complexity index is 295. The molecule has 1 aromatic heterocycles. The Balaban J connectivity index is 2.49. The van der Waals surface area contributed by atoms with Crippen molar-refractivity contribution in [3.63, 3.8) is 0 Å². The van der Waals surface area contributed by atoms with Crippen LogP contribution < -0.4 is 5.32 Å². The fourth-order valence-electron chi connectivity index (χ4n) is 0.695. The number of hydrogen-bond donors (Lipinski definition) is 1. The molecule has 0 saturated carbocycles. The predicted octanol–water partition coefficient (Wildman–Crippen LogP) is 2.47. The molecular weight excluding hydrogens is 234 g/mol. The predicted molar refractivity (Wildman–Crippen MR) is 57.4 cm³/mol. The van der Waals surface area contributed by atoms with Gasteiger partial charge in [0, 0.05) is 4.47 Å². The summed E-state index contributed by atoms with van der Waals surface area (Å²) >= 11 is 5.08. The van der Waals surface area contributed by atoms with Gasteiger partial charge in [-0.15, -0.1) is 11.3 Å². The molecule has 0 aromatic carbocycles. The molecule has 0 amide bonds. The third-order valence-corrected chi connectivity index (χ3v) is 3.04. The van der Waals surface area contributed by atoms with E-state index < -0.39 is 0 Å². The molecule has 0 aliphatic heterocycles. The average Bonchev–Trinajstić information content (AvgIpc) is 2.46. The number of halogens is 1. The average molecular weight is 244 g/mol. The van der Waals surface area contributed by atoms with Crippen LogP contribution in [0.4, 0.5) is 0 Å². The lowest BCUT2D eigenvalue weighted by Gasteiger charge is -1.88. The summed E-state index contributed by atoms with van der Waals surface area (Å²) < 4.78 is 1.09. The van der Waals surface area contributed by atoms with Crippen molar-refractivity contribution in [2.45, 2.75) is 6.92 Å². The van der Waals surface area contributed by atoms with Crippen molar-refractivity contribution in [2.75, 3.05) is 13.1 Å². The second-order valence-corrected chi connectivity index (χ2v) is 3.95. The van der Waals surface area contributed by atoms with Gasteiger partial charge in [-0.2, -0.15) is 0 Å². The highest BCUT2D eigenvalue weighted by Crippen LogP contribution is 2.20. The molecule has 64 valence electrons. The maximum absolute atomic E-state index is 3.42. The van der Waals surface area contributed by atoms with Crippen LogP contribution in [0.25, 0.3) is 0 Å². The molecule has 0 spiro atoms. The second kappa shape index (κ2) is 5.36. The monoisotopic (exact) mass is 243 g/mol. The van der Waals surface area contributed by atoms with Crippen molar-refractivity contribution < 1.29 is 0 Å². The minimum Gasteiger partial charge on any atom is -0.306 e. The van der Waals surface area contributed by atoms with Crippen LogP contribution in [0, 0.1) is 11.8 Å². The zero-order valence-corrected chi connectivity index (χ0v) is 9.26. The van der Waals surface area contributed by atoms with Crippen LogP contribution in [0.2, 0.25) is 0 Å². The molecule has 0 atom stereocenters. The summed E-state index contributed by atoms with van der Waals surface area (Å²) in [6.07, 6.45) is 0.